The Morgan fingerprint density at radius 2 is 1.75 bits per heavy atom. The summed E-state index contributed by atoms with van der Waals surface area (Å²) in [4.78, 5) is 12.8. The minimum Gasteiger partial charge on any atom is -0.322 e. The van der Waals surface area contributed by atoms with E-state index in [1.807, 2.05) is 77.5 Å². The van der Waals surface area contributed by atoms with Crippen LogP contribution < -0.4 is 5.32 Å². The number of nitrogens with one attached hydrogen (secondary N) is 1. The molecule has 0 saturated carbocycles. The Kier molecular flexibility index (Phi) is 5.14. The van der Waals surface area contributed by atoms with Crippen LogP contribution in [-0.2, 0) is 4.79 Å². The summed E-state index contributed by atoms with van der Waals surface area (Å²) in [5, 5.41) is 18.1. The first kappa shape index (κ1) is 20.3. The summed E-state index contributed by atoms with van der Waals surface area (Å²) in [6.07, 6.45) is 0. The monoisotopic (exact) mass is 442 g/mol. The molecule has 5 rings (SSSR count). The molecule has 0 aliphatic rings. The lowest BCUT2D eigenvalue weighted by molar-refractivity contribution is -0.113. The first-order valence-corrected chi connectivity index (χ1v) is 11.3. The van der Waals surface area contributed by atoms with Crippen molar-refractivity contribution in [3.8, 4) is 5.69 Å². The van der Waals surface area contributed by atoms with E-state index < -0.39 is 0 Å². The molecule has 0 saturated heterocycles. The number of hydrogen-bond donors (Lipinski definition) is 1. The van der Waals surface area contributed by atoms with Gasteiger partial charge in [0.1, 0.15) is 0 Å². The third-order valence-corrected chi connectivity index (χ3v) is 6.39. The molecule has 7 nitrogen and oxygen atoms in total. The Morgan fingerprint density at radius 1 is 1.00 bits per heavy atom. The maximum Gasteiger partial charge on any atom is 0.234 e. The smallest absolute Gasteiger partial charge is 0.234 e. The van der Waals surface area contributed by atoms with Crippen molar-refractivity contribution in [2.24, 2.45) is 0 Å². The first-order valence-electron chi connectivity index (χ1n) is 10.3. The number of aromatic nitrogens is 5. The number of fused-ring (bicyclic) bond motifs is 3. The Labute approximate surface area is 189 Å². The zero-order valence-corrected chi connectivity index (χ0v) is 18.8. The van der Waals surface area contributed by atoms with E-state index in [1.54, 1.807) is 0 Å². The van der Waals surface area contributed by atoms with Crippen molar-refractivity contribution >= 4 is 39.9 Å². The Balaban J connectivity index is 1.37. The molecule has 32 heavy (non-hydrogen) atoms. The highest BCUT2D eigenvalue weighted by atomic mass is 32.2. The summed E-state index contributed by atoms with van der Waals surface area (Å²) in [5.41, 5.74) is 6.33. The summed E-state index contributed by atoms with van der Waals surface area (Å²) in [6.45, 7) is 5.92. The number of benzene rings is 2. The van der Waals surface area contributed by atoms with E-state index >= 15 is 0 Å². The van der Waals surface area contributed by atoms with Crippen LogP contribution >= 0.6 is 11.8 Å². The second-order valence-corrected chi connectivity index (χ2v) is 8.59. The van der Waals surface area contributed by atoms with Crippen LogP contribution in [0.4, 0.5) is 5.69 Å². The Hall–Kier alpha value is -3.65. The van der Waals surface area contributed by atoms with Gasteiger partial charge in [-0.2, -0.15) is 5.10 Å². The average molecular weight is 443 g/mol. The number of pyridine rings is 1. The molecule has 0 radical (unpaired) electrons. The van der Waals surface area contributed by atoms with E-state index in [0.29, 0.717) is 5.16 Å². The largest absolute Gasteiger partial charge is 0.322 e. The van der Waals surface area contributed by atoms with Gasteiger partial charge in [-0.15, -0.1) is 10.2 Å². The number of nitrogens with zero attached hydrogens (tertiary/aromatic N) is 5. The fourth-order valence-electron chi connectivity index (χ4n) is 3.92. The van der Waals surface area contributed by atoms with Crippen LogP contribution in [0.3, 0.4) is 0 Å². The van der Waals surface area contributed by atoms with E-state index in [4.69, 9.17) is 0 Å². The second kappa shape index (κ2) is 8.12. The van der Waals surface area contributed by atoms with Gasteiger partial charge in [-0.1, -0.05) is 48.2 Å². The lowest BCUT2D eigenvalue weighted by atomic mass is 10.1. The van der Waals surface area contributed by atoms with Gasteiger partial charge in [-0.05, 0) is 50.6 Å². The minimum absolute atomic E-state index is 0.109. The molecule has 1 amide bonds. The van der Waals surface area contributed by atoms with Gasteiger partial charge in [0.15, 0.2) is 10.8 Å². The van der Waals surface area contributed by atoms with E-state index in [1.165, 1.54) is 11.8 Å². The SMILES string of the molecule is Cc1nn(-c2ccccc2)c(C)c1NC(=O)CSc1nnc2cc(C)c3ccccc3n12. The quantitative estimate of drug-likeness (QED) is 0.399. The summed E-state index contributed by atoms with van der Waals surface area (Å²) < 4.78 is 3.85. The highest BCUT2D eigenvalue weighted by Crippen LogP contribution is 2.27. The molecule has 0 unspecified atom stereocenters. The minimum atomic E-state index is -0.109. The third-order valence-electron chi connectivity index (χ3n) is 5.46. The van der Waals surface area contributed by atoms with Gasteiger partial charge in [-0.25, -0.2) is 4.68 Å². The number of rotatable bonds is 5. The Morgan fingerprint density at radius 3 is 2.56 bits per heavy atom. The molecule has 160 valence electrons. The van der Waals surface area contributed by atoms with Gasteiger partial charge >= 0.3 is 0 Å². The third kappa shape index (κ3) is 3.52. The van der Waals surface area contributed by atoms with Crippen molar-refractivity contribution in [1.29, 1.82) is 0 Å². The zero-order valence-electron chi connectivity index (χ0n) is 18.0. The molecule has 0 bridgehead atoms. The number of anilines is 1. The van der Waals surface area contributed by atoms with Gasteiger partial charge in [0.2, 0.25) is 5.91 Å². The standard InChI is InChI=1S/C24H22N6OS/c1-15-13-21-26-27-24(29(21)20-12-8-7-11-19(15)20)32-14-22(31)25-23-16(2)28-30(17(23)3)18-9-5-4-6-10-18/h4-13H,14H2,1-3H3,(H,25,31). The van der Waals surface area contributed by atoms with Crippen molar-refractivity contribution in [3.63, 3.8) is 0 Å². The van der Waals surface area contributed by atoms with Crippen molar-refractivity contribution in [1.82, 2.24) is 24.4 Å². The van der Waals surface area contributed by atoms with Crippen molar-refractivity contribution in [3.05, 3.63) is 77.6 Å². The van der Waals surface area contributed by atoms with E-state index in [9.17, 15) is 4.79 Å². The summed E-state index contributed by atoms with van der Waals surface area (Å²) in [6, 6.07) is 20.0. The summed E-state index contributed by atoms with van der Waals surface area (Å²) in [7, 11) is 0. The lowest BCUT2D eigenvalue weighted by Crippen LogP contribution is -2.15. The molecule has 0 aliphatic heterocycles. The molecule has 0 aliphatic carbocycles. The highest BCUT2D eigenvalue weighted by molar-refractivity contribution is 7.99. The maximum atomic E-state index is 12.8. The van der Waals surface area contributed by atoms with Crippen molar-refractivity contribution in [2.45, 2.75) is 25.9 Å². The first-order chi connectivity index (χ1) is 15.5. The molecular formula is C24H22N6OS. The number of carbonyl (C=O) groups is 1. The van der Waals surface area contributed by atoms with Gasteiger partial charge in [0, 0.05) is 5.39 Å². The van der Waals surface area contributed by atoms with Gasteiger partial charge in [-0.3, -0.25) is 9.20 Å². The topological polar surface area (TPSA) is 77.1 Å². The number of hydrogen-bond acceptors (Lipinski definition) is 5. The van der Waals surface area contributed by atoms with E-state index in [2.05, 4.69) is 33.6 Å². The molecule has 2 aromatic carbocycles. The summed E-state index contributed by atoms with van der Waals surface area (Å²) in [5.74, 6) is 0.111. The van der Waals surface area contributed by atoms with Crippen LogP contribution in [0.2, 0.25) is 0 Å². The van der Waals surface area contributed by atoms with Crippen LogP contribution in [0.15, 0.2) is 65.8 Å². The molecule has 0 fully saturated rings. The number of para-hydroxylation sites is 2. The molecule has 3 heterocycles. The number of carbonyl (C=O) groups excluding carboxylic acids is 1. The average Bonchev–Trinajstić information content (AvgIpc) is 3.34. The van der Waals surface area contributed by atoms with E-state index in [-0.39, 0.29) is 11.7 Å². The number of thioether (sulfide) groups is 1. The zero-order chi connectivity index (χ0) is 22.2. The van der Waals surface area contributed by atoms with Crippen molar-refractivity contribution < 1.29 is 4.79 Å². The molecule has 5 aromatic rings. The predicted octanol–water partition coefficient (Wildman–Crippen LogP) is 4.72. The number of amides is 1. The van der Waals surface area contributed by atoms with Crippen LogP contribution in [0.5, 0.6) is 0 Å². The molecular weight excluding hydrogens is 420 g/mol. The Bertz CT molecular complexity index is 1450. The van der Waals surface area contributed by atoms with Crippen LogP contribution in [0.1, 0.15) is 17.0 Å². The van der Waals surface area contributed by atoms with E-state index in [0.717, 1.165) is 44.9 Å². The molecule has 3 aromatic heterocycles. The maximum absolute atomic E-state index is 12.8. The van der Waals surface area contributed by atoms with Gasteiger partial charge in [0.25, 0.3) is 0 Å². The van der Waals surface area contributed by atoms with Crippen LogP contribution in [-0.4, -0.2) is 36.0 Å². The van der Waals surface area contributed by atoms with Crippen LogP contribution in [0, 0.1) is 20.8 Å². The highest BCUT2D eigenvalue weighted by Gasteiger charge is 2.17. The predicted molar refractivity (Wildman–Crippen MR) is 128 cm³/mol. The second-order valence-electron chi connectivity index (χ2n) is 7.65. The number of aryl methyl sites for hydroxylation is 2. The molecule has 0 spiro atoms. The van der Waals surface area contributed by atoms with Crippen LogP contribution in [0.25, 0.3) is 22.2 Å². The van der Waals surface area contributed by atoms with Gasteiger partial charge in [0.05, 0.1) is 34.0 Å². The molecule has 0 atom stereocenters. The van der Waals surface area contributed by atoms with Gasteiger partial charge < -0.3 is 5.32 Å². The fraction of sp³-hybridized carbons (Fsp3) is 0.167. The fourth-order valence-corrected chi connectivity index (χ4v) is 4.67. The molecule has 1 N–H and O–H groups in total. The lowest BCUT2D eigenvalue weighted by Gasteiger charge is -2.08. The normalized spacial score (nSPS) is 11.3. The summed E-state index contributed by atoms with van der Waals surface area (Å²) >= 11 is 1.37. The van der Waals surface area contributed by atoms with Crippen molar-refractivity contribution in [2.75, 3.05) is 11.1 Å². The molecule has 8 heteroatoms.